The van der Waals surface area contributed by atoms with Crippen LogP contribution in [0.4, 0.5) is 5.69 Å². The molecule has 0 radical (unpaired) electrons. The van der Waals surface area contributed by atoms with Crippen molar-refractivity contribution >= 4 is 23.2 Å². The number of nitrogens with zero attached hydrogens (tertiary/aromatic N) is 3. The van der Waals surface area contributed by atoms with Gasteiger partial charge in [0.15, 0.2) is 0 Å². The molecule has 2 heterocycles. The molecule has 1 saturated heterocycles. The molecular formula is C10H10ClN3O4. The molecule has 1 aliphatic rings. The van der Waals surface area contributed by atoms with E-state index in [0.29, 0.717) is 13.0 Å². The maximum atomic E-state index is 12.1. The van der Waals surface area contributed by atoms with Gasteiger partial charge in [0.25, 0.3) is 5.91 Å². The van der Waals surface area contributed by atoms with Gasteiger partial charge in [0, 0.05) is 19.3 Å². The van der Waals surface area contributed by atoms with Crippen LogP contribution < -0.4 is 0 Å². The lowest BCUT2D eigenvalue weighted by atomic mass is 10.2. The van der Waals surface area contributed by atoms with Gasteiger partial charge in [0.1, 0.15) is 5.56 Å². The fraction of sp³-hybridized carbons (Fsp3) is 0.400. The third kappa shape index (κ3) is 2.27. The molecule has 2 rings (SSSR count). The van der Waals surface area contributed by atoms with Gasteiger partial charge in [0.05, 0.1) is 11.0 Å². The van der Waals surface area contributed by atoms with E-state index in [-0.39, 0.29) is 17.3 Å². The molecule has 1 aromatic rings. The van der Waals surface area contributed by atoms with Gasteiger partial charge in [-0.3, -0.25) is 14.9 Å². The molecule has 0 aromatic carbocycles. The van der Waals surface area contributed by atoms with Crippen LogP contribution in [0.15, 0.2) is 12.3 Å². The van der Waals surface area contributed by atoms with Gasteiger partial charge in [-0.25, -0.2) is 4.98 Å². The number of aliphatic hydroxyl groups is 1. The van der Waals surface area contributed by atoms with E-state index >= 15 is 0 Å². The third-order valence-electron chi connectivity index (χ3n) is 2.74. The summed E-state index contributed by atoms with van der Waals surface area (Å²) >= 11 is 5.63. The molecule has 0 spiro atoms. The lowest BCUT2D eigenvalue weighted by Gasteiger charge is -2.15. The minimum Gasteiger partial charge on any atom is -0.391 e. The van der Waals surface area contributed by atoms with Crippen LogP contribution in [-0.2, 0) is 0 Å². The SMILES string of the molecule is O=C(c1ccnc(Cl)c1[N+](=O)[O-])N1CC[C@@H](O)C1. The Morgan fingerprint density at radius 3 is 2.94 bits per heavy atom. The van der Waals surface area contributed by atoms with Crippen molar-refractivity contribution in [2.75, 3.05) is 13.1 Å². The number of hydrogen-bond donors (Lipinski definition) is 1. The van der Waals surface area contributed by atoms with Crippen LogP contribution in [0.3, 0.4) is 0 Å². The summed E-state index contributed by atoms with van der Waals surface area (Å²) in [5.74, 6) is -0.512. The van der Waals surface area contributed by atoms with Crippen LogP contribution in [0, 0.1) is 10.1 Å². The number of aliphatic hydroxyl groups excluding tert-OH is 1. The molecule has 1 fully saturated rings. The van der Waals surface area contributed by atoms with Crippen molar-refractivity contribution in [3.05, 3.63) is 33.1 Å². The van der Waals surface area contributed by atoms with Crippen molar-refractivity contribution in [2.45, 2.75) is 12.5 Å². The van der Waals surface area contributed by atoms with Crippen molar-refractivity contribution in [3.8, 4) is 0 Å². The van der Waals surface area contributed by atoms with Crippen LogP contribution >= 0.6 is 11.6 Å². The van der Waals surface area contributed by atoms with Gasteiger partial charge in [0.2, 0.25) is 5.15 Å². The van der Waals surface area contributed by atoms with E-state index in [4.69, 9.17) is 11.6 Å². The number of hydrogen-bond acceptors (Lipinski definition) is 5. The van der Waals surface area contributed by atoms with Gasteiger partial charge < -0.3 is 10.0 Å². The number of likely N-dealkylation sites (tertiary alicyclic amines) is 1. The van der Waals surface area contributed by atoms with Gasteiger partial charge in [-0.2, -0.15) is 0 Å². The predicted molar refractivity (Wildman–Crippen MR) is 62.4 cm³/mol. The van der Waals surface area contributed by atoms with Gasteiger partial charge in [-0.05, 0) is 12.5 Å². The average Bonchev–Trinajstić information content (AvgIpc) is 2.74. The minimum absolute atomic E-state index is 0.103. The van der Waals surface area contributed by atoms with Crippen molar-refractivity contribution in [1.29, 1.82) is 0 Å². The zero-order chi connectivity index (χ0) is 13.3. The van der Waals surface area contributed by atoms with Crippen molar-refractivity contribution in [3.63, 3.8) is 0 Å². The molecule has 96 valence electrons. The summed E-state index contributed by atoms with van der Waals surface area (Å²) in [6.07, 6.45) is 1.14. The molecule has 8 heteroatoms. The maximum absolute atomic E-state index is 12.1. The van der Waals surface area contributed by atoms with Crippen LogP contribution in [0.25, 0.3) is 0 Å². The van der Waals surface area contributed by atoms with Crippen LogP contribution in [-0.4, -0.2) is 45.0 Å². The average molecular weight is 272 g/mol. The van der Waals surface area contributed by atoms with Crippen molar-refractivity contribution in [1.82, 2.24) is 9.88 Å². The molecule has 1 aromatic heterocycles. The number of halogens is 1. The molecule has 0 unspecified atom stereocenters. The number of pyridine rings is 1. The van der Waals surface area contributed by atoms with E-state index in [2.05, 4.69) is 4.98 Å². The number of nitro groups is 1. The smallest absolute Gasteiger partial charge is 0.319 e. The Balaban J connectivity index is 2.36. The molecule has 1 amide bonds. The number of carbonyl (C=O) groups is 1. The molecular weight excluding hydrogens is 262 g/mol. The summed E-state index contributed by atoms with van der Waals surface area (Å²) in [4.78, 5) is 27.2. The Morgan fingerprint density at radius 2 is 2.39 bits per heavy atom. The first-order valence-electron chi connectivity index (χ1n) is 5.27. The van der Waals surface area contributed by atoms with Crippen molar-refractivity contribution < 1.29 is 14.8 Å². The second-order valence-electron chi connectivity index (χ2n) is 3.95. The number of carbonyl (C=O) groups excluding carboxylic acids is 1. The van der Waals surface area contributed by atoms with Gasteiger partial charge in [-0.15, -0.1) is 0 Å². The van der Waals surface area contributed by atoms with Crippen LogP contribution in [0.1, 0.15) is 16.8 Å². The normalized spacial score (nSPS) is 19.0. The van der Waals surface area contributed by atoms with E-state index in [0.717, 1.165) is 0 Å². The van der Waals surface area contributed by atoms with E-state index in [9.17, 15) is 20.0 Å². The molecule has 0 aliphatic carbocycles. The molecule has 1 aliphatic heterocycles. The first-order valence-corrected chi connectivity index (χ1v) is 5.64. The van der Waals surface area contributed by atoms with E-state index in [1.807, 2.05) is 0 Å². The van der Waals surface area contributed by atoms with E-state index in [1.54, 1.807) is 0 Å². The Kier molecular flexibility index (Phi) is 3.44. The molecule has 1 atom stereocenters. The monoisotopic (exact) mass is 271 g/mol. The van der Waals surface area contributed by atoms with Crippen LogP contribution in [0.2, 0.25) is 5.15 Å². The summed E-state index contributed by atoms with van der Waals surface area (Å²) < 4.78 is 0. The lowest BCUT2D eigenvalue weighted by Crippen LogP contribution is -2.30. The third-order valence-corrected chi connectivity index (χ3v) is 3.02. The highest BCUT2D eigenvalue weighted by atomic mass is 35.5. The summed E-state index contributed by atoms with van der Waals surface area (Å²) in [6, 6.07) is 1.26. The Bertz CT molecular complexity index is 508. The van der Waals surface area contributed by atoms with Crippen molar-refractivity contribution in [2.24, 2.45) is 0 Å². The minimum atomic E-state index is -0.727. The summed E-state index contributed by atoms with van der Waals surface area (Å²) in [7, 11) is 0. The lowest BCUT2D eigenvalue weighted by molar-refractivity contribution is -0.385. The Hall–Kier alpha value is -1.73. The molecule has 18 heavy (non-hydrogen) atoms. The molecule has 1 N–H and O–H groups in total. The first kappa shape index (κ1) is 12.7. The summed E-state index contributed by atoms with van der Waals surface area (Å²) in [5.41, 5.74) is -0.598. The van der Waals surface area contributed by atoms with E-state index < -0.39 is 22.6 Å². The number of amides is 1. The Labute approximate surface area is 107 Å². The number of aromatic nitrogens is 1. The highest BCUT2D eigenvalue weighted by molar-refractivity contribution is 6.32. The topological polar surface area (TPSA) is 96.6 Å². The molecule has 0 saturated carbocycles. The van der Waals surface area contributed by atoms with E-state index in [1.165, 1.54) is 17.2 Å². The summed E-state index contributed by atoms with van der Waals surface area (Å²) in [5, 5.41) is 19.9. The Morgan fingerprint density at radius 1 is 1.67 bits per heavy atom. The van der Waals surface area contributed by atoms with Gasteiger partial charge in [-0.1, -0.05) is 11.6 Å². The molecule has 0 bridgehead atoms. The first-order chi connectivity index (χ1) is 8.50. The second-order valence-corrected chi connectivity index (χ2v) is 4.31. The highest BCUT2D eigenvalue weighted by Gasteiger charge is 2.31. The quantitative estimate of drug-likeness (QED) is 0.489. The zero-order valence-electron chi connectivity index (χ0n) is 9.24. The second kappa shape index (κ2) is 4.87. The fourth-order valence-corrected chi connectivity index (χ4v) is 2.10. The van der Waals surface area contributed by atoms with Gasteiger partial charge >= 0.3 is 5.69 Å². The summed E-state index contributed by atoms with van der Waals surface area (Å²) in [6.45, 7) is 0.549. The fourth-order valence-electron chi connectivity index (χ4n) is 1.87. The van der Waals surface area contributed by atoms with Crippen LogP contribution in [0.5, 0.6) is 0 Å². The molecule has 7 nitrogen and oxygen atoms in total. The standard InChI is InChI=1S/C10H10ClN3O4/c11-9-8(14(17)18)7(1-3-12-9)10(16)13-4-2-6(15)5-13/h1,3,6,15H,2,4-5H2/t6-/m1/s1. The maximum Gasteiger partial charge on any atom is 0.319 e. The highest BCUT2D eigenvalue weighted by Crippen LogP contribution is 2.27. The predicted octanol–water partition coefficient (Wildman–Crippen LogP) is 0.850. The number of rotatable bonds is 2. The largest absolute Gasteiger partial charge is 0.391 e. The number of β-amino-alcohol motifs (C(OH)–C–C–N with tert-alkyl or cyclic N) is 1. The zero-order valence-corrected chi connectivity index (χ0v) is 10.0.